The molecule has 2 amide bonds. The van der Waals surface area contributed by atoms with Crippen LogP contribution in [0, 0.1) is 5.92 Å². The number of carboxylic acid groups (broad SMARTS) is 1. The van der Waals surface area contributed by atoms with Crippen molar-refractivity contribution in [2.24, 2.45) is 5.92 Å². The number of fused-ring (bicyclic) bond motifs is 1. The highest BCUT2D eigenvalue weighted by Gasteiger charge is 2.53. The van der Waals surface area contributed by atoms with Crippen LogP contribution < -0.4 is 4.74 Å². The van der Waals surface area contributed by atoms with Gasteiger partial charge in [0.05, 0.1) is 13.2 Å². The number of nitrogens with zero attached hydrogens (tertiary/aromatic N) is 2. The summed E-state index contributed by atoms with van der Waals surface area (Å²) in [7, 11) is 1.48. The molecule has 27 heavy (non-hydrogen) atoms. The molecule has 1 aliphatic carbocycles. The van der Waals surface area contributed by atoms with Crippen molar-refractivity contribution in [1.29, 1.82) is 0 Å². The minimum absolute atomic E-state index is 0.0946. The number of halogens is 3. The van der Waals surface area contributed by atoms with Gasteiger partial charge < -0.3 is 19.6 Å². The first-order chi connectivity index (χ1) is 12.7. The molecule has 3 rings (SSSR count). The van der Waals surface area contributed by atoms with Crippen LogP contribution in [0.25, 0.3) is 0 Å². The lowest BCUT2D eigenvalue weighted by molar-refractivity contribution is -0.189. The molecular weight excluding hydrogens is 365 g/mol. The molecule has 0 bridgehead atoms. The average Bonchev–Trinajstić information content (AvgIpc) is 3.21. The lowest BCUT2D eigenvalue weighted by atomic mass is 9.97. The Morgan fingerprint density at radius 2 is 1.93 bits per heavy atom. The van der Waals surface area contributed by atoms with Crippen molar-refractivity contribution in [3.63, 3.8) is 0 Å². The van der Waals surface area contributed by atoms with Crippen LogP contribution in [-0.4, -0.2) is 58.8 Å². The number of amides is 2. The molecule has 1 aromatic carbocycles. The Bertz CT molecular complexity index is 708. The van der Waals surface area contributed by atoms with Gasteiger partial charge in [0.25, 0.3) is 0 Å². The van der Waals surface area contributed by atoms with E-state index in [4.69, 9.17) is 4.74 Å². The summed E-state index contributed by atoms with van der Waals surface area (Å²) in [5.74, 6) is -1.65. The second-order valence-electron chi connectivity index (χ2n) is 6.94. The number of ether oxygens (including phenoxy) is 1. The third kappa shape index (κ3) is 3.81. The highest BCUT2D eigenvalue weighted by Crippen LogP contribution is 2.41. The van der Waals surface area contributed by atoms with Crippen molar-refractivity contribution in [3.05, 3.63) is 29.8 Å². The Morgan fingerprint density at radius 1 is 1.26 bits per heavy atom. The molecule has 3 atom stereocenters. The van der Waals surface area contributed by atoms with Gasteiger partial charge in [-0.05, 0) is 30.5 Å². The monoisotopic (exact) mass is 386 g/mol. The Hall–Kier alpha value is -2.45. The molecule has 2 fully saturated rings. The number of methoxy groups -OCH3 is 1. The fourth-order valence-corrected chi connectivity index (χ4v) is 4.26. The number of carbonyl (C=O) groups excluding carboxylic acids is 1. The Balaban J connectivity index is 1.89. The summed E-state index contributed by atoms with van der Waals surface area (Å²) in [4.78, 5) is 25.6. The molecule has 1 aromatic rings. The number of hydrogen-bond acceptors (Lipinski definition) is 3. The van der Waals surface area contributed by atoms with Crippen LogP contribution in [0.2, 0.25) is 0 Å². The maximum absolute atomic E-state index is 13.2. The molecule has 6 nitrogen and oxygen atoms in total. The predicted octanol–water partition coefficient (Wildman–Crippen LogP) is 3.12. The van der Waals surface area contributed by atoms with Gasteiger partial charge in [-0.3, -0.25) is 4.79 Å². The molecule has 0 aromatic heterocycles. The van der Waals surface area contributed by atoms with E-state index < -0.39 is 24.2 Å². The van der Waals surface area contributed by atoms with E-state index in [1.54, 1.807) is 24.3 Å². The van der Waals surface area contributed by atoms with Gasteiger partial charge in [0.2, 0.25) is 0 Å². The normalized spacial score (nSPS) is 24.6. The van der Waals surface area contributed by atoms with Gasteiger partial charge in [-0.15, -0.1) is 0 Å². The number of benzene rings is 1. The first-order valence-corrected chi connectivity index (χ1v) is 8.72. The van der Waals surface area contributed by atoms with Crippen LogP contribution >= 0.6 is 0 Å². The maximum atomic E-state index is 13.2. The van der Waals surface area contributed by atoms with Crippen molar-refractivity contribution in [3.8, 4) is 5.75 Å². The molecule has 1 saturated carbocycles. The van der Waals surface area contributed by atoms with E-state index in [1.807, 2.05) is 0 Å². The number of rotatable bonds is 4. The average molecular weight is 386 g/mol. The molecule has 1 heterocycles. The molecule has 0 radical (unpaired) electrons. The number of likely N-dealkylation sites (tertiary alicyclic amines) is 1. The number of carbonyl (C=O) groups is 2. The molecule has 1 saturated heterocycles. The van der Waals surface area contributed by atoms with Crippen molar-refractivity contribution in [2.45, 2.75) is 44.1 Å². The van der Waals surface area contributed by atoms with E-state index in [9.17, 15) is 27.9 Å². The summed E-state index contributed by atoms with van der Waals surface area (Å²) in [6.45, 7) is -0.327. The fraction of sp³-hybridized carbons (Fsp3) is 0.556. The summed E-state index contributed by atoms with van der Waals surface area (Å²) < 4.78 is 44.7. The molecule has 0 spiro atoms. The largest absolute Gasteiger partial charge is 0.497 e. The summed E-state index contributed by atoms with van der Waals surface area (Å²) >= 11 is 0. The lowest BCUT2D eigenvalue weighted by Crippen LogP contribution is -2.49. The van der Waals surface area contributed by atoms with E-state index >= 15 is 0 Å². The second-order valence-corrected chi connectivity index (χ2v) is 6.94. The van der Waals surface area contributed by atoms with E-state index in [0.29, 0.717) is 24.2 Å². The molecule has 3 unspecified atom stereocenters. The van der Waals surface area contributed by atoms with E-state index in [2.05, 4.69) is 0 Å². The van der Waals surface area contributed by atoms with Crippen molar-refractivity contribution < 1.29 is 32.6 Å². The highest BCUT2D eigenvalue weighted by molar-refractivity contribution is 5.82. The SMILES string of the molecule is COc1ccc(CN(C(=O)C(F)(F)F)C2CN(C(=O)O)C3CCCC32)cc1. The molecular formula is C18H21F3N2O4. The van der Waals surface area contributed by atoms with Crippen molar-refractivity contribution >= 4 is 12.0 Å². The summed E-state index contributed by atoms with van der Waals surface area (Å²) in [6.07, 6.45) is -4.20. The Kier molecular flexibility index (Phi) is 5.21. The molecule has 148 valence electrons. The summed E-state index contributed by atoms with van der Waals surface area (Å²) in [5.41, 5.74) is 0.525. The smallest absolute Gasteiger partial charge is 0.471 e. The minimum atomic E-state index is -5.02. The third-order valence-electron chi connectivity index (χ3n) is 5.47. The number of hydrogen-bond donors (Lipinski definition) is 1. The molecule has 1 N–H and O–H groups in total. The molecule has 1 aliphatic heterocycles. The van der Waals surface area contributed by atoms with Crippen LogP contribution in [0.15, 0.2) is 24.3 Å². The van der Waals surface area contributed by atoms with E-state index in [-0.39, 0.29) is 25.0 Å². The van der Waals surface area contributed by atoms with Crippen molar-refractivity contribution in [2.75, 3.05) is 13.7 Å². The van der Waals surface area contributed by atoms with Gasteiger partial charge in [0.15, 0.2) is 0 Å². The zero-order chi connectivity index (χ0) is 19.8. The molecule has 2 aliphatic rings. The van der Waals surface area contributed by atoms with Gasteiger partial charge in [-0.1, -0.05) is 18.6 Å². The Morgan fingerprint density at radius 3 is 2.48 bits per heavy atom. The topological polar surface area (TPSA) is 70.1 Å². The third-order valence-corrected chi connectivity index (χ3v) is 5.47. The van der Waals surface area contributed by atoms with Crippen LogP contribution in [-0.2, 0) is 11.3 Å². The van der Waals surface area contributed by atoms with Crippen LogP contribution in [0.5, 0.6) is 5.75 Å². The minimum Gasteiger partial charge on any atom is -0.497 e. The van der Waals surface area contributed by atoms with Gasteiger partial charge in [-0.25, -0.2) is 4.79 Å². The second kappa shape index (κ2) is 7.28. The quantitative estimate of drug-likeness (QED) is 0.863. The first-order valence-electron chi connectivity index (χ1n) is 8.72. The predicted molar refractivity (Wildman–Crippen MR) is 89.2 cm³/mol. The lowest BCUT2D eigenvalue weighted by Gasteiger charge is -2.32. The highest BCUT2D eigenvalue weighted by atomic mass is 19.4. The van der Waals surface area contributed by atoms with Gasteiger partial charge in [0, 0.05) is 25.0 Å². The van der Waals surface area contributed by atoms with Crippen LogP contribution in [0.3, 0.4) is 0 Å². The van der Waals surface area contributed by atoms with Gasteiger partial charge in [-0.2, -0.15) is 13.2 Å². The van der Waals surface area contributed by atoms with E-state index in [1.165, 1.54) is 12.0 Å². The molecule has 9 heteroatoms. The van der Waals surface area contributed by atoms with Crippen LogP contribution in [0.1, 0.15) is 24.8 Å². The fourth-order valence-electron chi connectivity index (χ4n) is 4.26. The Labute approximate surface area is 154 Å². The zero-order valence-electron chi connectivity index (χ0n) is 14.8. The van der Waals surface area contributed by atoms with Gasteiger partial charge >= 0.3 is 18.2 Å². The van der Waals surface area contributed by atoms with Crippen LogP contribution in [0.4, 0.5) is 18.0 Å². The maximum Gasteiger partial charge on any atom is 0.471 e. The van der Waals surface area contributed by atoms with Gasteiger partial charge in [0.1, 0.15) is 5.75 Å². The number of alkyl halides is 3. The van der Waals surface area contributed by atoms with Crippen molar-refractivity contribution in [1.82, 2.24) is 9.80 Å². The summed E-state index contributed by atoms with van der Waals surface area (Å²) in [5, 5.41) is 9.39. The standard InChI is InChI=1S/C18H21F3N2O4/c1-27-12-7-5-11(6-8-12)9-22(16(24)18(19,20)21)15-10-23(17(25)26)14-4-2-3-13(14)15/h5-8,13-15H,2-4,9-10H2,1H3,(H,25,26). The first kappa shape index (κ1) is 19.3. The zero-order valence-corrected chi connectivity index (χ0v) is 14.8. The summed E-state index contributed by atoms with van der Waals surface area (Å²) in [6, 6.07) is 5.32. The van der Waals surface area contributed by atoms with E-state index in [0.717, 1.165) is 11.3 Å².